The Morgan fingerprint density at radius 2 is 1.75 bits per heavy atom. The predicted molar refractivity (Wildman–Crippen MR) is 33.3 cm³/mol. The zero-order valence-corrected chi connectivity index (χ0v) is 5.39. The predicted octanol–water partition coefficient (Wildman–Crippen LogP) is 0.110. The molecule has 0 bridgehead atoms. The zero-order chi connectivity index (χ0) is 5.11. The Morgan fingerprint density at radius 3 is 2.00 bits per heavy atom. The quantitative estimate of drug-likeness (QED) is 0.491. The maximum atomic E-state index is 5.10. The molecule has 0 aromatic carbocycles. The molecule has 1 saturated heterocycles. The van der Waals surface area contributed by atoms with Gasteiger partial charge < -0.3 is 15.8 Å². The van der Waals surface area contributed by atoms with Gasteiger partial charge in [0.2, 0.25) is 0 Å². The van der Waals surface area contributed by atoms with Crippen LogP contribution in [0.1, 0.15) is 0 Å². The van der Waals surface area contributed by atoms with Crippen LogP contribution in [0.5, 0.6) is 0 Å². The molecule has 1 fully saturated rings. The summed E-state index contributed by atoms with van der Waals surface area (Å²) in [5.41, 5.74) is 0. The Balaban J connectivity index is 0.000000490. The highest BCUT2D eigenvalue weighted by atomic mass is 16.5. The molecule has 0 radical (unpaired) electrons. The van der Waals surface area contributed by atoms with Crippen LogP contribution in [0.3, 0.4) is 0 Å². The largest absolute Gasteiger partial charge is 0.379 e. The monoisotopic (exact) mass is 118 g/mol. The second-order valence-electron chi connectivity index (χ2n) is 1.92. The van der Waals surface area contributed by atoms with E-state index < -0.39 is 0 Å². The summed E-state index contributed by atoms with van der Waals surface area (Å²) in [4.78, 5) is 2.27. The van der Waals surface area contributed by atoms with Gasteiger partial charge in [-0.15, -0.1) is 0 Å². The molecular formula is C5H14N2O. The van der Waals surface area contributed by atoms with E-state index in [2.05, 4.69) is 11.9 Å². The summed E-state index contributed by atoms with van der Waals surface area (Å²) in [6.07, 6.45) is 0. The lowest BCUT2D eigenvalue weighted by Crippen LogP contribution is -2.32. The lowest BCUT2D eigenvalue weighted by molar-refractivity contribution is 0.0503. The maximum absolute atomic E-state index is 5.10. The van der Waals surface area contributed by atoms with Crippen LogP contribution < -0.4 is 6.15 Å². The van der Waals surface area contributed by atoms with Crippen LogP contribution in [-0.4, -0.2) is 38.3 Å². The first kappa shape index (κ1) is 7.88. The average molecular weight is 118 g/mol. The number of ether oxygens (including phenoxy) is 1. The molecule has 8 heavy (non-hydrogen) atoms. The fourth-order valence-corrected chi connectivity index (χ4v) is 0.655. The van der Waals surface area contributed by atoms with Crippen LogP contribution in [0.25, 0.3) is 0 Å². The molecule has 0 aliphatic carbocycles. The molecule has 0 spiro atoms. The van der Waals surface area contributed by atoms with Gasteiger partial charge in [0.05, 0.1) is 13.2 Å². The average Bonchev–Trinajstić information content (AvgIpc) is 1.69. The van der Waals surface area contributed by atoms with E-state index in [1.165, 1.54) is 0 Å². The summed E-state index contributed by atoms with van der Waals surface area (Å²) in [5, 5.41) is 0. The van der Waals surface area contributed by atoms with Gasteiger partial charge in [-0.2, -0.15) is 0 Å². The van der Waals surface area contributed by atoms with Crippen molar-refractivity contribution in [3.05, 3.63) is 0 Å². The lowest BCUT2D eigenvalue weighted by atomic mass is 10.5. The van der Waals surface area contributed by atoms with Crippen molar-refractivity contribution >= 4 is 0 Å². The van der Waals surface area contributed by atoms with Crippen LogP contribution in [0.2, 0.25) is 0 Å². The molecule has 1 aliphatic heterocycles. The fourth-order valence-electron chi connectivity index (χ4n) is 0.655. The van der Waals surface area contributed by atoms with E-state index in [1.807, 2.05) is 0 Å². The van der Waals surface area contributed by atoms with Gasteiger partial charge in [-0.05, 0) is 7.05 Å². The molecule has 0 aromatic rings. The Hall–Kier alpha value is -0.120. The minimum absolute atomic E-state index is 0. The summed E-state index contributed by atoms with van der Waals surface area (Å²) in [7, 11) is 2.11. The first-order valence-electron chi connectivity index (χ1n) is 2.66. The number of rotatable bonds is 0. The SMILES string of the molecule is CN1CCOCC1.N. The van der Waals surface area contributed by atoms with Crippen molar-refractivity contribution < 1.29 is 4.74 Å². The van der Waals surface area contributed by atoms with E-state index in [0.717, 1.165) is 26.3 Å². The first-order chi connectivity index (χ1) is 3.39. The van der Waals surface area contributed by atoms with E-state index in [4.69, 9.17) is 4.74 Å². The molecule has 1 heterocycles. The van der Waals surface area contributed by atoms with Gasteiger partial charge in [-0.25, -0.2) is 0 Å². The molecule has 0 saturated carbocycles. The van der Waals surface area contributed by atoms with Gasteiger partial charge >= 0.3 is 0 Å². The lowest BCUT2D eigenvalue weighted by Gasteiger charge is -2.21. The molecule has 0 amide bonds. The third kappa shape index (κ3) is 2.26. The topological polar surface area (TPSA) is 47.5 Å². The molecule has 0 atom stereocenters. The van der Waals surface area contributed by atoms with Crippen LogP contribution in [0.4, 0.5) is 0 Å². The van der Waals surface area contributed by atoms with Crippen molar-refractivity contribution in [1.29, 1.82) is 0 Å². The van der Waals surface area contributed by atoms with Gasteiger partial charge in [-0.1, -0.05) is 0 Å². The summed E-state index contributed by atoms with van der Waals surface area (Å²) >= 11 is 0. The molecule has 0 aromatic heterocycles. The number of hydrogen-bond acceptors (Lipinski definition) is 3. The van der Waals surface area contributed by atoms with Crippen LogP contribution in [-0.2, 0) is 4.74 Å². The van der Waals surface area contributed by atoms with Gasteiger partial charge in [0, 0.05) is 13.1 Å². The second kappa shape index (κ2) is 3.83. The highest BCUT2D eigenvalue weighted by molar-refractivity contribution is 4.53. The Bertz CT molecular complexity index is 52.4. The standard InChI is InChI=1S/C5H11NO.H3N/c1-6-2-4-7-5-3-6;/h2-5H2,1H3;1H3. The molecule has 50 valence electrons. The highest BCUT2D eigenvalue weighted by Crippen LogP contribution is 1.89. The van der Waals surface area contributed by atoms with Gasteiger partial charge in [0.15, 0.2) is 0 Å². The van der Waals surface area contributed by atoms with Crippen molar-refractivity contribution in [1.82, 2.24) is 11.1 Å². The Kier molecular flexibility index (Phi) is 3.77. The number of likely N-dealkylation sites (N-methyl/N-ethyl adjacent to an activating group) is 1. The van der Waals surface area contributed by atoms with E-state index in [-0.39, 0.29) is 6.15 Å². The van der Waals surface area contributed by atoms with Crippen molar-refractivity contribution in [2.45, 2.75) is 0 Å². The molecular weight excluding hydrogens is 104 g/mol. The maximum Gasteiger partial charge on any atom is 0.0594 e. The molecule has 3 nitrogen and oxygen atoms in total. The molecule has 1 aliphatic rings. The summed E-state index contributed by atoms with van der Waals surface area (Å²) in [5.74, 6) is 0. The molecule has 1 rings (SSSR count). The van der Waals surface area contributed by atoms with Crippen molar-refractivity contribution in [3.8, 4) is 0 Å². The number of morpholine rings is 1. The third-order valence-electron chi connectivity index (χ3n) is 1.23. The van der Waals surface area contributed by atoms with Crippen molar-refractivity contribution in [2.24, 2.45) is 0 Å². The smallest absolute Gasteiger partial charge is 0.0594 e. The minimum Gasteiger partial charge on any atom is -0.379 e. The van der Waals surface area contributed by atoms with Gasteiger partial charge in [0.25, 0.3) is 0 Å². The van der Waals surface area contributed by atoms with E-state index in [9.17, 15) is 0 Å². The summed E-state index contributed by atoms with van der Waals surface area (Å²) in [6, 6.07) is 0. The minimum atomic E-state index is 0. The number of nitrogens with zero attached hydrogens (tertiary/aromatic N) is 1. The van der Waals surface area contributed by atoms with Crippen molar-refractivity contribution in [2.75, 3.05) is 33.4 Å². The second-order valence-corrected chi connectivity index (χ2v) is 1.92. The summed E-state index contributed by atoms with van der Waals surface area (Å²) in [6.45, 7) is 4.02. The third-order valence-corrected chi connectivity index (χ3v) is 1.23. The summed E-state index contributed by atoms with van der Waals surface area (Å²) < 4.78 is 5.10. The molecule has 3 N–H and O–H groups in total. The Labute approximate surface area is 50.2 Å². The van der Waals surface area contributed by atoms with Crippen LogP contribution in [0, 0.1) is 0 Å². The van der Waals surface area contributed by atoms with E-state index >= 15 is 0 Å². The van der Waals surface area contributed by atoms with Gasteiger partial charge in [-0.3, -0.25) is 0 Å². The first-order valence-corrected chi connectivity index (χ1v) is 2.66. The fraction of sp³-hybridized carbons (Fsp3) is 1.00. The normalized spacial score (nSPS) is 22.1. The Morgan fingerprint density at radius 1 is 1.25 bits per heavy atom. The van der Waals surface area contributed by atoms with Crippen LogP contribution in [0.15, 0.2) is 0 Å². The van der Waals surface area contributed by atoms with Crippen molar-refractivity contribution in [3.63, 3.8) is 0 Å². The molecule has 3 heteroatoms. The number of hydrogen-bond donors (Lipinski definition) is 1. The van der Waals surface area contributed by atoms with E-state index in [0.29, 0.717) is 0 Å². The van der Waals surface area contributed by atoms with Crippen LogP contribution >= 0.6 is 0 Å². The van der Waals surface area contributed by atoms with E-state index in [1.54, 1.807) is 0 Å². The molecule has 0 unspecified atom stereocenters. The van der Waals surface area contributed by atoms with Gasteiger partial charge in [0.1, 0.15) is 0 Å². The highest BCUT2D eigenvalue weighted by Gasteiger charge is 2.02. The zero-order valence-electron chi connectivity index (χ0n) is 5.39.